The Morgan fingerprint density at radius 3 is 2.53 bits per heavy atom. The summed E-state index contributed by atoms with van der Waals surface area (Å²) in [5, 5.41) is 17.4. The number of imide groups is 1. The standard InChI is InChI=1S/C27H37ClN2O5S/c1-17(2)9-10-21-26(3,35-21)24-23(34-4)20(29-25(32)30-22(31)13-28)11-12-27(24,33)16-36-14-18-7-5-6-8-19(18)15-36/h5-9,20-21,23-24,33H,10-16H2,1-4H3,(H-,29,30,31,32)/p+1/t20-,21-,23-,24-,26+,27+/m1/s1. The third-order valence-corrected chi connectivity index (χ3v) is 10.4. The van der Waals surface area contributed by atoms with Crippen LogP contribution in [0.1, 0.15) is 51.2 Å². The van der Waals surface area contributed by atoms with E-state index in [-0.39, 0.29) is 34.8 Å². The second kappa shape index (κ2) is 11.0. The number of hydrogen-bond donors (Lipinski definition) is 3. The smallest absolute Gasteiger partial charge is 0.321 e. The first kappa shape index (κ1) is 27.5. The lowest BCUT2D eigenvalue weighted by atomic mass is 9.65. The monoisotopic (exact) mass is 537 g/mol. The summed E-state index contributed by atoms with van der Waals surface area (Å²) in [5.74, 6) is 1.43. The van der Waals surface area contributed by atoms with Crippen molar-refractivity contribution in [3.8, 4) is 0 Å². The van der Waals surface area contributed by atoms with Crippen LogP contribution in [0.15, 0.2) is 35.9 Å². The van der Waals surface area contributed by atoms with Crippen LogP contribution in [-0.4, -0.2) is 65.2 Å². The number of fused-ring (bicyclic) bond motifs is 1. The topological polar surface area (TPSA) is 100 Å². The minimum Gasteiger partial charge on any atom is -0.384 e. The molecule has 7 nitrogen and oxygen atoms in total. The van der Waals surface area contributed by atoms with E-state index < -0.39 is 29.2 Å². The largest absolute Gasteiger partial charge is 0.384 e. The Labute approximate surface area is 221 Å². The summed E-state index contributed by atoms with van der Waals surface area (Å²) in [6, 6.07) is 7.54. The van der Waals surface area contributed by atoms with Crippen LogP contribution < -0.4 is 10.6 Å². The quantitative estimate of drug-likeness (QED) is 0.204. The molecule has 1 aliphatic carbocycles. The van der Waals surface area contributed by atoms with Gasteiger partial charge < -0.3 is 19.9 Å². The third-order valence-electron chi connectivity index (χ3n) is 7.78. The Hall–Kier alpha value is -1.58. The van der Waals surface area contributed by atoms with Crippen molar-refractivity contribution in [2.45, 2.75) is 81.0 Å². The zero-order chi connectivity index (χ0) is 26.1. The highest BCUT2D eigenvalue weighted by atomic mass is 35.5. The summed E-state index contributed by atoms with van der Waals surface area (Å²) in [6.07, 6.45) is 3.47. The van der Waals surface area contributed by atoms with Gasteiger partial charge in [0.1, 0.15) is 34.3 Å². The van der Waals surface area contributed by atoms with E-state index in [1.54, 1.807) is 7.11 Å². The fourth-order valence-electron chi connectivity index (χ4n) is 6.06. The molecule has 6 atom stereocenters. The zero-order valence-electron chi connectivity index (χ0n) is 21.5. The number of carbonyl (C=O) groups excluding carboxylic acids is 2. The Morgan fingerprint density at radius 1 is 1.28 bits per heavy atom. The minimum atomic E-state index is -0.999. The van der Waals surface area contributed by atoms with Crippen LogP contribution in [0.25, 0.3) is 0 Å². The molecule has 2 aliphatic heterocycles. The van der Waals surface area contributed by atoms with Crippen LogP contribution in [0, 0.1) is 5.92 Å². The third kappa shape index (κ3) is 5.78. The predicted molar refractivity (Wildman–Crippen MR) is 143 cm³/mol. The SMILES string of the molecule is CO[C@@H]1[C@H](NC(=O)NC(=O)CCl)CC[C@](O)(C[S+]2Cc3ccccc3C2)[C@H]1[C@@]1(C)O[C@@H]1CC=C(C)C. The summed E-state index contributed by atoms with van der Waals surface area (Å²) < 4.78 is 12.3. The van der Waals surface area contributed by atoms with Crippen LogP contribution in [0.4, 0.5) is 4.79 Å². The number of amides is 3. The number of alkyl halides is 1. The maximum absolute atomic E-state index is 12.5. The van der Waals surface area contributed by atoms with Crippen LogP contribution in [0.2, 0.25) is 0 Å². The second-order valence-electron chi connectivity index (χ2n) is 10.7. The van der Waals surface area contributed by atoms with E-state index in [2.05, 4.69) is 61.7 Å². The number of benzene rings is 1. The Balaban J connectivity index is 1.57. The molecule has 0 unspecified atom stereocenters. The zero-order valence-corrected chi connectivity index (χ0v) is 23.1. The van der Waals surface area contributed by atoms with Gasteiger partial charge in [-0.2, -0.15) is 0 Å². The lowest BCUT2D eigenvalue weighted by Gasteiger charge is -2.48. The molecule has 0 radical (unpaired) electrons. The Bertz CT molecular complexity index is 993. The number of urea groups is 1. The minimum absolute atomic E-state index is 0.00927. The van der Waals surface area contributed by atoms with Gasteiger partial charge in [-0.3, -0.25) is 10.1 Å². The average molecular weight is 538 g/mol. The lowest BCUT2D eigenvalue weighted by molar-refractivity contribution is -0.137. The first-order valence-corrected chi connectivity index (χ1v) is 14.8. The van der Waals surface area contributed by atoms with Crippen LogP contribution >= 0.6 is 11.6 Å². The van der Waals surface area contributed by atoms with E-state index in [4.69, 9.17) is 21.1 Å². The molecule has 0 spiro atoms. The summed E-state index contributed by atoms with van der Waals surface area (Å²) in [5.41, 5.74) is 2.38. The van der Waals surface area contributed by atoms with Crippen molar-refractivity contribution in [2.24, 2.45) is 5.92 Å². The Kier molecular flexibility index (Phi) is 8.42. The molecule has 1 saturated heterocycles. The van der Waals surface area contributed by atoms with Gasteiger partial charge in [-0.15, -0.1) is 11.6 Å². The number of carbonyl (C=O) groups is 2. The van der Waals surface area contributed by atoms with Crippen LogP contribution in [0.5, 0.6) is 0 Å². The molecular weight excluding hydrogens is 500 g/mol. The molecule has 2 heterocycles. The molecule has 9 heteroatoms. The molecule has 3 amide bonds. The van der Waals surface area contributed by atoms with Crippen molar-refractivity contribution in [2.75, 3.05) is 18.7 Å². The molecule has 0 aromatic heterocycles. The van der Waals surface area contributed by atoms with Gasteiger partial charge >= 0.3 is 6.03 Å². The van der Waals surface area contributed by atoms with Crippen molar-refractivity contribution in [1.82, 2.24) is 10.6 Å². The molecule has 1 saturated carbocycles. The molecular formula is C27H38ClN2O5S+. The molecule has 36 heavy (non-hydrogen) atoms. The van der Waals surface area contributed by atoms with Gasteiger partial charge in [0, 0.05) is 18.2 Å². The first-order chi connectivity index (χ1) is 17.1. The summed E-state index contributed by atoms with van der Waals surface area (Å²) in [7, 11) is 1.62. The molecule has 0 bridgehead atoms. The molecule has 4 rings (SSSR count). The fourth-order valence-corrected chi connectivity index (χ4v) is 8.91. The molecule has 3 aliphatic rings. The van der Waals surface area contributed by atoms with Gasteiger partial charge in [-0.05, 0) is 50.9 Å². The number of halogens is 1. The van der Waals surface area contributed by atoms with Gasteiger partial charge in [0.15, 0.2) is 0 Å². The van der Waals surface area contributed by atoms with Gasteiger partial charge in [-0.1, -0.05) is 35.9 Å². The lowest BCUT2D eigenvalue weighted by Crippen LogP contribution is -2.65. The van der Waals surface area contributed by atoms with Crippen molar-refractivity contribution < 1.29 is 24.2 Å². The van der Waals surface area contributed by atoms with E-state index >= 15 is 0 Å². The number of methoxy groups -OCH3 is 1. The van der Waals surface area contributed by atoms with Crippen molar-refractivity contribution in [3.63, 3.8) is 0 Å². The maximum atomic E-state index is 12.5. The fraction of sp³-hybridized carbons (Fsp3) is 0.630. The van der Waals surface area contributed by atoms with Gasteiger partial charge in [0.25, 0.3) is 0 Å². The van der Waals surface area contributed by atoms with Gasteiger partial charge in [0.05, 0.1) is 24.2 Å². The summed E-state index contributed by atoms with van der Waals surface area (Å²) >= 11 is 5.54. The summed E-state index contributed by atoms with van der Waals surface area (Å²) in [6.45, 7) is 6.19. The number of hydrogen-bond acceptors (Lipinski definition) is 5. The number of allylic oxidation sites excluding steroid dienone is 1. The Morgan fingerprint density at radius 2 is 1.94 bits per heavy atom. The van der Waals surface area contributed by atoms with E-state index in [0.29, 0.717) is 18.6 Å². The van der Waals surface area contributed by atoms with E-state index in [1.165, 1.54) is 16.7 Å². The van der Waals surface area contributed by atoms with Crippen molar-refractivity contribution in [1.29, 1.82) is 0 Å². The highest BCUT2D eigenvalue weighted by Gasteiger charge is 2.68. The first-order valence-electron chi connectivity index (χ1n) is 12.5. The number of epoxide rings is 1. The van der Waals surface area contributed by atoms with E-state index in [9.17, 15) is 14.7 Å². The average Bonchev–Trinajstić information content (AvgIpc) is 3.31. The summed E-state index contributed by atoms with van der Waals surface area (Å²) in [4.78, 5) is 24.1. The van der Waals surface area contributed by atoms with Crippen molar-refractivity contribution >= 4 is 34.4 Å². The van der Waals surface area contributed by atoms with Crippen LogP contribution in [0.3, 0.4) is 0 Å². The number of rotatable bonds is 8. The molecule has 3 N–H and O–H groups in total. The van der Waals surface area contributed by atoms with E-state index in [1.807, 2.05) is 0 Å². The predicted octanol–water partition coefficient (Wildman–Crippen LogP) is 3.42. The van der Waals surface area contributed by atoms with Gasteiger partial charge in [-0.25, -0.2) is 4.79 Å². The molecule has 2 fully saturated rings. The number of aliphatic hydroxyl groups is 1. The van der Waals surface area contributed by atoms with Crippen molar-refractivity contribution in [3.05, 3.63) is 47.0 Å². The van der Waals surface area contributed by atoms with Crippen LogP contribution in [-0.2, 0) is 36.7 Å². The number of nitrogens with one attached hydrogen (secondary N) is 2. The van der Waals surface area contributed by atoms with Gasteiger partial charge in [0.2, 0.25) is 5.91 Å². The molecule has 1 aromatic rings. The highest BCUT2D eigenvalue weighted by molar-refractivity contribution is 7.95. The maximum Gasteiger partial charge on any atom is 0.321 e. The highest BCUT2D eigenvalue weighted by Crippen LogP contribution is 2.55. The van der Waals surface area contributed by atoms with E-state index in [0.717, 1.165) is 17.9 Å². The normalized spacial score (nSPS) is 33.5. The molecule has 1 aromatic carbocycles. The molecule has 198 valence electrons. The second-order valence-corrected chi connectivity index (χ2v) is 13.1. The number of ether oxygens (including phenoxy) is 2.